The molecule has 14 heavy (non-hydrogen) atoms. The zero-order valence-electron chi connectivity index (χ0n) is 7.17. The Labute approximate surface area is 78.2 Å². The fourth-order valence-electron chi connectivity index (χ4n) is 0.931. The molecule has 0 aliphatic rings. The van der Waals surface area contributed by atoms with Crippen LogP contribution in [0.15, 0.2) is 18.2 Å². The average Bonchev–Trinajstić information content (AvgIpc) is 2.16. The number of nitrogens with zero attached hydrogens (tertiary/aromatic N) is 2. The molecule has 0 amide bonds. The van der Waals surface area contributed by atoms with Crippen molar-refractivity contribution in [3.8, 4) is 5.75 Å². The lowest BCUT2D eigenvalue weighted by atomic mass is 10.2. The Morgan fingerprint density at radius 2 is 1.71 bits per heavy atom. The number of benzene rings is 1. The van der Waals surface area contributed by atoms with Crippen LogP contribution in [0.25, 0.3) is 0 Å². The van der Waals surface area contributed by atoms with Gasteiger partial charge in [-0.05, 0) is 6.07 Å². The monoisotopic (exact) mass is 198 g/mol. The van der Waals surface area contributed by atoms with Crippen molar-refractivity contribution in [1.82, 2.24) is 0 Å². The summed E-state index contributed by atoms with van der Waals surface area (Å²) >= 11 is 0. The van der Waals surface area contributed by atoms with Crippen molar-refractivity contribution in [2.75, 3.05) is 7.11 Å². The fraction of sp³-hybridized carbons (Fsp3) is 0.143. The summed E-state index contributed by atoms with van der Waals surface area (Å²) in [5.41, 5.74) is -1.12. The summed E-state index contributed by atoms with van der Waals surface area (Å²) in [4.78, 5) is 19.2. The highest BCUT2D eigenvalue weighted by atomic mass is 16.6. The topological polar surface area (TPSA) is 95.5 Å². The number of nitro benzene ring substituents is 2. The molecular formula is C7H6N2O5. The van der Waals surface area contributed by atoms with E-state index in [4.69, 9.17) is 4.74 Å². The first-order valence-electron chi connectivity index (χ1n) is 3.53. The molecule has 1 aromatic rings. The van der Waals surface area contributed by atoms with E-state index in [2.05, 4.69) is 0 Å². The molecule has 0 aliphatic heterocycles. The standard InChI is InChI=1S/C7H6N2O5/c1-14-5-2-3-6(8(10)11)7(4-5)9(12)13/h2-4H,1H3. The molecule has 1 aromatic carbocycles. The van der Waals surface area contributed by atoms with Gasteiger partial charge in [0, 0.05) is 6.07 Å². The lowest BCUT2D eigenvalue weighted by Crippen LogP contribution is -1.96. The van der Waals surface area contributed by atoms with Gasteiger partial charge in [0.25, 0.3) is 0 Å². The minimum atomic E-state index is -0.819. The Morgan fingerprint density at radius 3 is 2.14 bits per heavy atom. The van der Waals surface area contributed by atoms with Crippen molar-refractivity contribution in [2.24, 2.45) is 0 Å². The van der Waals surface area contributed by atoms with Crippen molar-refractivity contribution in [3.63, 3.8) is 0 Å². The molecular weight excluding hydrogens is 192 g/mol. The molecule has 0 saturated heterocycles. The van der Waals surface area contributed by atoms with Gasteiger partial charge in [-0.3, -0.25) is 20.2 Å². The summed E-state index contributed by atoms with van der Waals surface area (Å²) in [7, 11) is 1.32. The third-order valence-corrected chi connectivity index (χ3v) is 1.58. The first-order chi connectivity index (χ1) is 6.56. The van der Waals surface area contributed by atoms with E-state index in [-0.39, 0.29) is 5.75 Å². The van der Waals surface area contributed by atoms with Crippen LogP contribution >= 0.6 is 0 Å². The van der Waals surface area contributed by atoms with E-state index >= 15 is 0 Å². The van der Waals surface area contributed by atoms with Gasteiger partial charge >= 0.3 is 11.4 Å². The quantitative estimate of drug-likeness (QED) is 0.541. The van der Waals surface area contributed by atoms with Gasteiger partial charge < -0.3 is 4.74 Å². The van der Waals surface area contributed by atoms with E-state index in [0.29, 0.717) is 0 Å². The first-order valence-corrected chi connectivity index (χ1v) is 3.53. The van der Waals surface area contributed by atoms with Crippen LogP contribution in [0.1, 0.15) is 0 Å². The van der Waals surface area contributed by atoms with E-state index in [1.165, 1.54) is 13.2 Å². The smallest absolute Gasteiger partial charge is 0.349 e. The van der Waals surface area contributed by atoms with E-state index < -0.39 is 21.2 Å². The largest absolute Gasteiger partial charge is 0.496 e. The second-order valence-electron chi connectivity index (χ2n) is 2.37. The van der Waals surface area contributed by atoms with Gasteiger partial charge in [0.1, 0.15) is 5.75 Å². The molecule has 0 heterocycles. The summed E-state index contributed by atoms with van der Waals surface area (Å²) in [6.45, 7) is 0. The third-order valence-electron chi connectivity index (χ3n) is 1.58. The highest BCUT2D eigenvalue weighted by Gasteiger charge is 2.24. The van der Waals surface area contributed by atoms with Crippen molar-refractivity contribution in [3.05, 3.63) is 38.4 Å². The Kier molecular flexibility index (Phi) is 2.61. The molecule has 0 unspecified atom stereocenters. The lowest BCUT2D eigenvalue weighted by Gasteiger charge is -1.98. The molecule has 0 aliphatic carbocycles. The predicted molar refractivity (Wildman–Crippen MR) is 46.3 cm³/mol. The van der Waals surface area contributed by atoms with Crippen LogP contribution in [0, 0.1) is 20.2 Å². The Morgan fingerprint density at radius 1 is 1.14 bits per heavy atom. The summed E-state index contributed by atoms with van der Waals surface area (Å²) in [6.07, 6.45) is 0. The van der Waals surface area contributed by atoms with E-state index in [1.54, 1.807) is 0 Å². The number of ether oxygens (including phenoxy) is 1. The van der Waals surface area contributed by atoms with Crippen molar-refractivity contribution >= 4 is 11.4 Å². The van der Waals surface area contributed by atoms with Crippen LogP contribution in [0.3, 0.4) is 0 Å². The first kappa shape index (κ1) is 9.90. The summed E-state index contributed by atoms with van der Waals surface area (Å²) < 4.78 is 4.71. The minimum Gasteiger partial charge on any atom is -0.496 e. The van der Waals surface area contributed by atoms with Crippen molar-refractivity contribution in [2.45, 2.75) is 0 Å². The Balaban J connectivity index is 3.31. The summed E-state index contributed by atoms with van der Waals surface area (Å²) in [5.74, 6) is 0.210. The number of rotatable bonds is 3. The normalized spacial score (nSPS) is 9.50. The average molecular weight is 198 g/mol. The zero-order valence-corrected chi connectivity index (χ0v) is 7.17. The molecule has 7 nitrogen and oxygen atoms in total. The Bertz CT molecular complexity index is 390. The lowest BCUT2D eigenvalue weighted by molar-refractivity contribution is -0.422. The van der Waals surface area contributed by atoms with Gasteiger partial charge in [-0.25, -0.2) is 0 Å². The number of hydrogen-bond acceptors (Lipinski definition) is 5. The maximum Gasteiger partial charge on any atom is 0.349 e. The molecule has 74 valence electrons. The summed E-state index contributed by atoms with van der Waals surface area (Å²) in [5, 5.41) is 20.8. The molecule has 0 radical (unpaired) electrons. The Hall–Kier alpha value is -2.18. The van der Waals surface area contributed by atoms with Gasteiger partial charge in [0.2, 0.25) is 0 Å². The molecule has 0 saturated carbocycles. The fourth-order valence-corrected chi connectivity index (χ4v) is 0.931. The SMILES string of the molecule is COc1ccc([N+](=O)[O-])c([N+](=O)[O-])c1. The highest BCUT2D eigenvalue weighted by Crippen LogP contribution is 2.30. The summed E-state index contributed by atoms with van der Waals surface area (Å²) in [6, 6.07) is 3.35. The van der Waals surface area contributed by atoms with Gasteiger partial charge in [-0.1, -0.05) is 0 Å². The minimum absolute atomic E-state index is 0.210. The van der Waals surface area contributed by atoms with Crippen LogP contribution in [0.5, 0.6) is 5.75 Å². The van der Waals surface area contributed by atoms with Crippen LogP contribution in [0.2, 0.25) is 0 Å². The molecule has 0 spiro atoms. The van der Waals surface area contributed by atoms with Gasteiger partial charge in [0.05, 0.1) is 23.0 Å². The number of nitro groups is 2. The van der Waals surface area contributed by atoms with Gasteiger partial charge in [-0.2, -0.15) is 0 Å². The maximum absolute atomic E-state index is 10.4. The van der Waals surface area contributed by atoms with E-state index in [9.17, 15) is 20.2 Å². The molecule has 7 heteroatoms. The van der Waals surface area contributed by atoms with Crippen molar-refractivity contribution in [1.29, 1.82) is 0 Å². The maximum atomic E-state index is 10.4. The number of hydrogen-bond donors (Lipinski definition) is 0. The molecule has 0 fully saturated rings. The zero-order chi connectivity index (χ0) is 10.7. The highest BCUT2D eigenvalue weighted by molar-refractivity contribution is 5.55. The van der Waals surface area contributed by atoms with E-state index in [1.807, 2.05) is 0 Å². The predicted octanol–water partition coefficient (Wildman–Crippen LogP) is 1.51. The van der Waals surface area contributed by atoms with Crippen LogP contribution in [0.4, 0.5) is 11.4 Å². The third kappa shape index (κ3) is 1.76. The van der Waals surface area contributed by atoms with Crippen LogP contribution in [-0.2, 0) is 0 Å². The molecule has 0 N–H and O–H groups in total. The molecule has 0 atom stereocenters. The van der Waals surface area contributed by atoms with E-state index in [0.717, 1.165) is 12.1 Å². The number of methoxy groups -OCH3 is 1. The second kappa shape index (κ2) is 3.69. The van der Waals surface area contributed by atoms with Gasteiger partial charge in [0.15, 0.2) is 0 Å². The molecule has 0 bridgehead atoms. The second-order valence-corrected chi connectivity index (χ2v) is 2.37. The van der Waals surface area contributed by atoms with Crippen LogP contribution < -0.4 is 4.74 Å². The molecule has 0 aromatic heterocycles. The molecule has 1 rings (SSSR count). The van der Waals surface area contributed by atoms with Crippen molar-refractivity contribution < 1.29 is 14.6 Å². The van der Waals surface area contributed by atoms with Crippen LogP contribution in [-0.4, -0.2) is 17.0 Å². The van der Waals surface area contributed by atoms with Gasteiger partial charge in [-0.15, -0.1) is 0 Å².